The number of rotatable bonds is 4. The third kappa shape index (κ3) is 4.41. The molecule has 0 aliphatic heterocycles. The van der Waals surface area contributed by atoms with Gasteiger partial charge < -0.3 is 13.6 Å². The van der Waals surface area contributed by atoms with Crippen molar-refractivity contribution in [1.82, 2.24) is 19.1 Å². The van der Waals surface area contributed by atoms with Crippen molar-refractivity contribution in [2.45, 2.75) is 0 Å². The van der Waals surface area contributed by atoms with Crippen LogP contribution in [0.3, 0.4) is 0 Å². The lowest BCUT2D eigenvalue weighted by atomic mass is 10.0. The van der Waals surface area contributed by atoms with Crippen LogP contribution in [-0.4, -0.2) is 19.1 Å². The number of nitrogens with zero attached hydrogens (tertiary/aromatic N) is 4. The lowest BCUT2D eigenvalue weighted by Gasteiger charge is -2.10. The smallest absolute Gasteiger partial charge is 0.161 e. The van der Waals surface area contributed by atoms with Crippen molar-refractivity contribution in [1.29, 1.82) is 0 Å². The minimum absolute atomic E-state index is 0.677. The van der Waals surface area contributed by atoms with Crippen LogP contribution in [-0.2, 0) is 0 Å². The molecule has 0 radical (unpaired) electrons. The maximum atomic E-state index is 6.69. The molecule has 55 heavy (non-hydrogen) atoms. The Hall–Kier alpha value is -7.50. The third-order valence-corrected chi connectivity index (χ3v) is 11.1. The predicted molar refractivity (Wildman–Crippen MR) is 226 cm³/mol. The van der Waals surface area contributed by atoms with E-state index in [0.29, 0.717) is 5.82 Å². The highest BCUT2D eigenvalue weighted by Crippen LogP contribution is 2.42. The van der Waals surface area contributed by atoms with Crippen LogP contribution in [0.1, 0.15) is 0 Å². The summed E-state index contributed by atoms with van der Waals surface area (Å²) >= 11 is 0. The molecule has 0 saturated heterocycles. The van der Waals surface area contributed by atoms with Crippen molar-refractivity contribution in [3.63, 3.8) is 0 Å². The predicted octanol–water partition coefficient (Wildman–Crippen LogP) is 13.1. The normalized spacial score (nSPS) is 12.0. The zero-order valence-corrected chi connectivity index (χ0v) is 29.5. The third-order valence-electron chi connectivity index (χ3n) is 11.1. The Morgan fingerprint density at radius 1 is 0.382 bits per heavy atom. The molecule has 0 aliphatic carbocycles. The van der Waals surface area contributed by atoms with Crippen LogP contribution in [0, 0.1) is 0 Å². The standard InChI is InChI=1S/C50H30N4O/c1-3-14-31(15-4-1)49-36-20-7-10-22-41(36)51-50(52-49)38-21-13-25-46-48(38)37-27-26-33(28-47(37)55-46)54-43-24-12-9-19-35(43)40-29-44-39(30-45(40)54)34-18-8-11-23-42(34)53(44)32-16-5-2-6-17-32/h1-30H. The van der Waals surface area contributed by atoms with E-state index in [1.807, 2.05) is 30.3 Å². The molecule has 0 fully saturated rings. The van der Waals surface area contributed by atoms with E-state index in [1.54, 1.807) is 0 Å². The van der Waals surface area contributed by atoms with E-state index in [9.17, 15) is 0 Å². The van der Waals surface area contributed by atoms with E-state index in [0.717, 1.165) is 72.1 Å². The molecule has 0 aliphatic rings. The monoisotopic (exact) mass is 702 g/mol. The topological polar surface area (TPSA) is 48.8 Å². The molecule has 8 aromatic carbocycles. The summed E-state index contributed by atoms with van der Waals surface area (Å²) in [5, 5.41) is 7.93. The number of furan rings is 1. The molecule has 4 aromatic heterocycles. The van der Waals surface area contributed by atoms with Crippen molar-refractivity contribution in [3.8, 4) is 34.0 Å². The summed E-state index contributed by atoms with van der Waals surface area (Å²) in [7, 11) is 0. The van der Waals surface area contributed by atoms with Crippen LogP contribution in [0.25, 0.3) is 110 Å². The number of benzene rings is 8. The number of hydrogen-bond donors (Lipinski definition) is 0. The second-order valence-corrected chi connectivity index (χ2v) is 14.2. The SMILES string of the molecule is c1ccc(-c2nc(-c3cccc4oc5cc(-n6c7ccccc7c7cc8c(cc76)c6ccccc6n8-c6ccccc6)ccc5c34)nc3ccccc23)cc1. The Labute approximate surface area is 315 Å². The first-order valence-electron chi connectivity index (χ1n) is 18.6. The van der Waals surface area contributed by atoms with Crippen molar-refractivity contribution in [2.24, 2.45) is 0 Å². The van der Waals surface area contributed by atoms with E-state index in [-0.39, 0.29) is 0 Å². The van der Waals surface area contributed by atoms with E-state index in [1.165, 1.54) is 32.6 Å². The Bertz CT molecular complexity index is 3480. The fraction of sp³-hybridized carbons (Fsp3) is 0. The van der Waals surface area contributed by atoms with Crippen molar-refractivity contribution >= 4 is 76.5 Å². The van der Waals surface area contributed by atoms with Crippen LogP contribution < -0.4 is 0 Å². The van der Waals surface area contributed by atoms with Gasteiger partial charge in [-0.3, -0.25) is 0 Å². The molecule has 0 spiro atoms. The van der Waals surface area contributed by atoms with Crippen molar-refractivity contribution < 1.29 is 4.42 Å². The minimum atomic E-state index is 0.677. The quantitative estimate of drug-likeness (QED) is 0.183. The van der Waals surface area contributed by atoms with Gasteiger partial charge in [0.1, 0.15) is 11.2 Å². The maximum Gasteiger partial charge on any atom is 0.161 e. The number of aromatic nitrogens is 4. The summed E-state index contributed by atoms with van der Waals surface area (Å²) < 4.78 is 11.5. The van der Waals surface area contributed by atoms with Crippen LogP contribution in [0.5, 0.6) is 0 Å². The molecular formula is C50H30N4O. The van der Waals surface area contributed by atoms with Gasteiger partial charge in [-0.15, -0.1) is 0 Å². The van der Waals surface area contributed by atoms with Gasteiger partial charge in [-0.25, -0.2) is 9.97 Å². The molecule has 12 aromatic rings. The zero-order chi connectivity index (χ0) is 36.0. The molecule has 0 amide bonds. The van der Waals surface area contributed by atoms with Crippen molar-refractivity contribution in [2.75, 3.05) is 0 Å². The van der Waals surface area contributed by atoms with E-state index in [4.69, 9.17) is 14.4 Å². The van der Waals surface area contributed by atoms with Gasteiger partial charge in [0.05, 0.1) is 33.3 Å². The number of para-hydroxylation sites is 4. The molecule has 0 atom stereocenters. The summed E-state index contributed by atoms with van der Waals surface area (Å²) in [5.41, 5.74) is 12.3. The second-order valence-electron chi connectivity index (χ2n) is 14.2. The Morgan fingerprint density at radius 2 is 1.00 bits per heavy atom. The van der Waals surface area contributed by atoms with Gasteiger partial charge in [0, 0.05) is 66.3 Å². The Morgan fingerprint density at radius 3 is 1.73 bits per heavy atom. The number of hydrogen-bond acceptors (Lipinski definition) is 3. The van der Waals surface area contributed by atoms with Crippen LogP contribution in [0.2, 0.25) is 0 Å². The summed E-state index contributed by atoms with van der Waals surface area (Å²) in [6.45, 7) is 0. The Kier molecular flexibility index (Phi) is 6.27. The van der Waals surface area contributed by atoms with Gasteiger partial charge in [0.25, 0.3) is 0 Å². The second kappa shape index (κ2) is 11.5. The molecule has 5 heteroatoms. The van der Waals surface area contributed by atoms with Gasteiger partial charge >= 0.3 is 0 Å². The van der Waals surface area contributed by atoms with Gasteiger partial charge in [0.15, 0.2) is 5.82 Å². The average molecular weight is 703 g/mol. The van der Waals surface area contributed by atoms with E-state index >= 15 is 0 Å². The Balaban J connectivity index is 1.08. The highest BCUT2D eigenvalue weighted by Gasteiger charge is 2.21. The summed E-state index contributed by atoms with van der Waals surface area (Å²) in [6, 6.07) is 64.1. The molecular weight excluding hydrogens is 673 g/mol. The first-order valence-corrected chi connectivity index (χ1v) is 18.6. The van der Waals surface area contributed by atoms with E-state index < -0.39 is 0 Å². The summed E-state index contributed by atoms with van der Waals surface area (Å²) in [6.07, 6.45) is 0. The van der Waals surface area contributed by atoms with Gasteiger partial charge in [0.2, 0.25) is 0 Å². The van der Waals surface area contributed by atoms with Crippen molar-refractivity contribution in [3.05, 3.63) is 182 Å². The minimum Gasteiger partial charge on any atom is -0.456 e. The zero-order valence-electron chi connectivity index (χ0n) is 29.5. The van der Waals surface area contributed by atoms with Crippen LogP contribution in [0.15, 0.2) is 186 Å². The molecule has 0 saturated carbocycles. The van der Waals surface area contributed by atoms with Gasteiger partial charge in [-0.2, -0.15) is 0 Å². The highest BCUT2D eigenvalue weighted by molar-refractivity contribution is 6.19. The van der Waals surface area contributed by atoms with Gasteiger partial charge in [-0.1, -0.05) is 115 Å². The summed E-state index contributed by atoms with van der Waals surface area (Å²) in [4.78, 5) is 10.3. The molecule has 4 heterocycles. The average Bonchev–Trinajstić information content (AvgIpc) is 3.90. The lowest BCUT2D eigenvalue weighted by molar-refractivity contribution is 0.668. The molecule has 5 nitrogen and oxygen atoms in total. The van der Waals surface area contributed by atoms with Gasteiger partial charge in [-0.05, 0) is 60.7 Å². The van der Waals surface area contributed by atoms with E-state index in [2.05, 4.69) is 161 Å². The number of fused-ring (bicyclic) bond motifs is 10. The first-order chi connectivity index (χ1) is 27.3. The van der Waals surface area contributed by atoms with Crippen LogP contribution >= 0.6 is 0 Å². The molecule has 0 unspecified atom stereocenters. The van der Waals surface area contributed by atoms with Crippen LogP contribution in [0.4, 0.5) is 0 Å². The largest absolute Gasteiger partial charge is 0.456 e. The molecule has 12 rings (SSSR count). The maximum absolute atomic E-state index is 6.69. The highest BCUT2D eigenvalue weighted by atomic mass is 16.3. The fourth-order valence-corrected chi connectivity index (χ4v) is 8.72. The lowest BCUT2D eigenvalue weighted by Crippen LogP contribution is -1.95. The fourth-order valence-electron chi connectivity index (χ4n) is 8.72. The molecule has 256 valence electrons. The molecule has 0 N–H and O–H groups in total. The summed E-state index contributed by atoms with van der Waals surface area (Å²) in [5.74, 6) is 0.677. The molecule has 0 bridgehead atoms. The first kappa shape index (κ1) is 30.0.